The summed E-state index contributed by atoms with van der Waals surface area (Å²) in [5.74, 6) is -0.557. The zero-order valence-corrected chi connectivity index (χ0v) is 13.7. The molecular weight excluding hydrogens is 331 g/mol. The molecule has 6 nitrogen and oxygen atoms in total. The molecule has 1 aromatic rings. The second-order valence-corrected chi connectivity index (χ2v) is 5.17. The zero-order chi connectivity index (χ0) is 15.4. The van der Waals surface area contributed by atoms with E-state index < -0.39 is 0 Å². The van der Waals surface area contributed by atoms with Crippen LogP contribution in [0.4, 0.5) is 5.69 Å². The number of carbonyl (C=O) groups is 2. The van der Waals surface area contributed by atoms with Crippen molar-refractivity contribution in [3.05, 3.63) is 28.8 Å². The van der Waals surface area contributed by atoms with Crippen LogP contribution < -0.4 is 5.73 Å². The minimum absolute atomic E-state index is 0. The molecule has 8 heteroatoms. The molecule has 22 heavy (non-hydrogen) atoms. The van der Waals surface area contributed by atoms with Crippen molar-refractivity contribution in [2.75, 3.05) is 32.5 Å². The predicted octanol–water partition coefficient (Wildman–Crippen LogP) is 1.75. The van der Waals surface area contributed by atoms with Crippen LogP contribution in [0.2, 0.25) is 5.02 Å². The highest BCUT2D eigenvalue weighted by atomic mass is 35.5. The first-order valence-corrected chi connectivity index (χ1v) is 6.91. The van der Waals surface area contributed by atoms with E-state index in [9.17, 15) is 9.59 Å². The number of anilines is 1. The number of ether oxygens (including phenoxy) is 2. The van der Waals surface area contributed by atoms with Crippen molar-refractivity contribution in [3.63, 3.8) is 0 Å². The second-order valence-electron chi connectivity index (χ2n) is 4.76. The summed E-state index contributed by atoms with van der Waals surface area (Å²) in [5, 5.41) is 0.316. The lowest BCUT2D eigenvalue weighted by atomic mass is 10.1. The first-order valence-electron chi connectivity index (χ1n) is 6.54. The fourth-order valence-corrected chi connectivity index (χ4v) is 2.44. The minimum Gasteiger partial charge on any atom is -0.469 e. The van der Waals surface area contributed by atoms with Gasteiger partial charge in [-0.1, -0.05) is 11.6 Å². The molecule has 0 aromatic heterocycles. The lowest BCUT2D eigenvalue weighted by Crippen LogP contribution is -2.46. The number of hydrogen-bond acceptors (Lipinski definition) is 5. The largest absolute Gasteiger partial charge is 0.469 e. The average molecular weight is 349 g/mol. The maximum Gasteiger partial charge on any atom is 0.308 e. The van der Waals surface area contributed by atoms with Crippen molar-refractivity contribution in [1.29, 1.82) is 0 Å². The molecular formula is C14H18Cl2N2O4. The van der Waals surface area contributed by atoms with Gasteiger partial charge in [-0.05, 0) is 18.2 Å². The van der Waals surface area contributed by atoms with Crippen molar-refractivity contribution in [1.82, 2.24) is 4.90 Å². The van der Waals surface area contributed by atoms with E-state index in [2.05, 4.69) is 4.74 Å². The number of hydrogen-bond donors (Lipinski definition) is 1. The van der Waals surface area contributed by atoms with Gasteiger partial charge in [-0.25, -0.2) is 0 Å². The number of benzene rings is 1. The van der Waals surface area contributed by atoms with Crippen LogP contribution >= 0.6 is 24.0 Å². The Morgan fingerprint density at radius 3 is 2.86 bits per heavy atom. The normalized spacial score (nSPS) is 17.5. The van der Waals surface area contributed by atoms with Gasteiger partial charge in [-0.15, -0.1) is 12.4 Å². The molecule has 1 heterocycles. The lowest BCUT2D eigenvalue weighted by molar-refractivity contribution is -0.145. The molecule has 1 saturated heterocycles. The number of rotatable bonds is 3. The minimum atomic E-state index is -0.361. The van der Waals surface area contributed by atoms with E-state index in [1.54, 1.807) is 23.1 Å². The summed E-state index contributed by atoms with van der Waals surface area (Å²) in [6.07, 6.45) is -0.238. The molecule has 1 unspecified atom stereocenters. The van der Waals surface area contributed by atoms with E-state index >= 15 is 0 Å². The van der Waals surface area contributed by atoms with E-state index in [1.165, 1.54) is 7.11 Å². The van der Waals surface area contributed by atoms with E-state index in [-0.39, 0.29) is 36.8 Å². The third-order valence-corrected chi connectivity index (χ3v) is 3.58. The molecule has 122 valence electrons. The molecule has 0 saturated carbocycles. The van der Waals surface area contributed by atoms with Gasteiger partial charge in [0.05, 0.1) is 36.8 Å². The summed E-state index contributed by atoms with van der Waals surface area (Å²) < 4.78 is 10.1. The highest BCUT2D eigenvalue weighted by Crippen LogP contribution is 2.22. The number of morpholine rings is 1. The van der Waals surface area contributed by atoms with Crippen molar-refractivity contribution in [3.8, 4) is 0 Å². The summed E-state index contributed by atoms with van der Waals surface area (Å²) in [5.41, 5.74) is 6.51. The van der Waals surface area contributed by atoms with Crippen LogP contribution in [0.25, 0.3) is 0 Å². The Morgan fingerprint density at radius 2 is 2.23 bits per heavy atom. The fraction of sp³-hybridized carbons (Fsp3) is 0.429. The Hall–Kier alpha value is -1.50. The molecule has 1 fully saturated rings. The number of halogens is 2. The van der Waals surface area contributed by atoms with Gasteiger partial charge in [-0.2, -0.15) is 0 Å². The Bertz CT molecular complexity index is 554. The summed E-state index contributed by atoms with van der Waals surface area (Å²) in [6.45, 7) is 1.16. The molecule has 2 N–H and O–H groups in total. The predicted molar refractivity (Wildman–Crippen MR) is 85.4 cm³/mol. The molecule has 1 atom stereocenters. The van der Waals surface area contributed by atoms with Gasteiger partial charge in [0.1, 0.15) is 0 Å². The molecule has 1 aliphatic heterocycles. The first-order chi connectivity index (χ1) is 10.0. The Labute approximate surface area is 139 Å². The van der Waals surface area contributed by atoms with Crippen LogP contribution in [-0.4, -0.2) is 49.7 Å². The topological polar surface area (TPSA) is 81.9 Å². The maximum absolute atomic E-state index is 12.5. The Balaban J connectivity index is 0.00000242. The molecule has 0 spiro atoms. The smallest absolute Gasteiger partial charge is 0.308 e. The molecule has 1 aromatic carbocycles. The van der Waals surface area contributed by atoms with E-state index in [1.807, 2.05) is 0 Å². The quantitative estimate of drug-likeness (QED) is 0.664. The zero-order valence-electron chi connectivity index (χ0n) is 12.1. The summed E-state index contributed by atoms with van der Waals surface area (Å²) >= 11 is 6.05. The van der Waals surface area contributed by atoms with Gasteiger partial charge in [0.2, 0.25) is 0 Å². The second kappa shape index (κ2) is 8.22. The number of methoxy groups -OCH3 is 1. The molecule has 0 aliphatic carbocycles. The van der Waals surface area contributed by atoms with Gasteiger partial charge in [0.25, 0.3) is 5.91 Å². The third-order valence-electron chi connectivity index (χ3n) is 3.27. The van der Waals surface area contributed by atoms with E-state index in [4.69, 9.17) is 22.1 Å². The maximum atomic E-state index is 12.5. The molecule has 0 radical (unpaired) electrons. The van der Waals surface area contributed by atoms with Crippen LogP contribution in [-0.2, 0) is 14.3 Å². The number of esters is 1. The number of nitrogens with zero attached hydrogens (tertiary/aromatic N) is 1. The number of amides is 1. The fourth-order valence-electron chi connectivity index (χ4n) is 2.17. The van der Waals surface area contributed by atoms with Gasteiger partial charge >= 0.3 is 5.97 Å². The van der Waals surface area contributed by atoms with Crippen molar-refractivity contribution < 1.29 is 19.1 Å². The van der Waals surface area contributed by atoms with E-state index in [0.717, 1.165) is 0 Å². The van der Waals surface area contributed by atoms with Gasteiger partial charge in [-0.3, -0.25) is 9.59 Å². The van der Waals surface area contributed by atoms with Gasteiger partial charge < -0.3 is 20.1 Å². The van der Waals surface area contributed by atoms with Crippen LogP contribution in [0.3, 0.4) is 0 Å². The van der Waals surface area contributed by atoms with Crippen molar-refractivity contribution in [2.24, 2.45) is 0 Å². The number of nitrogens with two attached hydrogens (primary N) is 1. The van der Waals surface area contributed by atoms with Crippen molar-refractivity contribution >= 4 is 41.6 Å². The van der Waals surface area contributed by atoms with Crippen LogP contribution in [0, 0.1) is 0 Å². The summed E-state index contributed by atoms with van der Waals surface area (Å²) in [6, 6.07) is 4.78. The highest BCUT2D eigenvalue weighted by Gasteiger charge is 2.27. The molecule has 0 bridgehead atoms. The van der Waals surface area contributed by atoms with E-state index in [0.29, 0.717) is 36.0 Å². The number of carbonyl (C=O) groups excluding carboxylic acids is 2. The SMILES string of the molecule is COC(=O)CC1CN(C(=O)c2ccc(N)cc2Cl)CCO1.Cl. The number of nitrogen functional groups attached to an aromatic ring is 1. The average Bonchev–Trinajstić information content (AvgIpc) is 2.47. The highest BCUT2D eigenvalue weighted by molar-refractivity contribution is 6.34. The van der Waals surface area contributed by atoms with Gasteiger partial charge in [0.15, 0.2) is 0 Å². The standard InChI is InChI=1S/C14H17ClN2O4.ClH/c1-20-13(18)7-10-8-17(4-5-21-10)14(19)11-3-2-9(16)6-12(11)15;/h2-3,6,10H,4-5,7-8,16H2,1H3;1H. The molecule has 2 rings (SSSR count). The molecule has 1 aliphatic rings. The lowest BCUT2D eigenvalue weighted by Gasteiger charge is -2.32. The monoisotopic (exact) mass is 348 g/mol. The summed E-state index contributed by atoms with van der Waals surface area (Å²) in [7, 11) is 1.32. The van der Waals surface area contributed by atoms with Crippen LogP contribution in [0.5, 0.6) is 0 Å². The third kappa shape index (κ3) is 4.50. The summed E-state index contributed by atoms with van der Waals surface area (Å²) in [4.78, 5) is 25.4. The Morgan fingerprint density at radius 1 is 1.50 bits per heavy atom. The Kier molecular flexibility index (Phi) is 6.93. The first kappa shape index (κ1) is 18.5. The van der Waals surface area contributed by atoms with Crippen LogP contribution in [0.15, 0.2) is 18.2 Å². The van der Waals surface area contributed by atoms with Gasteiger partial charge in [0, 0.05) is 18.8 Å². The van der Waals surface area contributed by atoms with Crippen LogP contribution in [0.1, 0.15) is 16.8 Å². The molecule has 1 amide bonds. The van der Waals surface area contributed by atoms with Crippen molar-refractivity contribution in [2.45, 2.75) is 12.5 Å².